The van der Waals surface area contributed by atoms with Crippen LogP contribution < -0.4 is 10.1 Å². The Bertz CT molecular complexity index is 651. The standard InChI is InChI=1S/C13H13BrN4O3/c1-2-15-13-16-7-11(18(19)20)12(17-13)21-8-9-5-3-4-6-10(9)14/h3-7H,2,8H2,1H3,(H,15,16,17). The molecule has 0 atom stereocenters. The number of nitrogens with one attached hydrogen (secondary N) is 1. The van der Waals surface area contributed by atoms with Gasteiger partial charge in [0.2, 0.25) is 5.95 Å². The van der Waals surface area contributed by atoms with Crippen LogP contribution in [0.4, 0.5) is 11.6 Å². The van der Waals surface area contributed by atoms with Crippen molar-refractivity contribution in [1.82, 2.24) is 9.97 Å². The summed E-state index contributed by atoms with van der Waals surface area (Å²) in [6.45, 7) is 2.67. The Morgan fingerprint density at radius 1 is 1.43 bits per heavy atom. The van der Waals surface area contributed by atoms with E-state index in [1.54, 1.807) is 0 Å². The highest BCUT2D eigenvalue weighted by Gasteiger charge is 2.19. The van der Waals surface area contributed by atoms with Crippen molar-refractivity contribution in [2.75, 3.05) is 11.9 Å². The minimum Gasteiger partial charge on any atom is -0.468 e. The molecule has 0 aliphatic heterocycles. The third-order valence-corrected chi connectivity index (χ3v) is 3.36. The number of hydrogen-bond acceptors (Lipinski definition) is 6. The maximum Gasteiger partial charge on any atom is 0.349 e. The van der Waals surface area contributed by atoms with Crippen LogP contribution in [-0.4, -0.2) is 21.4 Å². The number of benzene rings is 1. The Hall–Kier alpha value is -2.22. The summed E-state index contributed by atoms with van der Waals surface area (Å²) >= 11 is 3.40. The van der Waals surface area contributed by atoms with Crippen LogP contribution in [0.5, 0.6) is 5.88 Å². The molecule has 21 heavy (non-hydrogen) atoms. The SMILES string of the molecule is CCNc1ncc([N+](=O)[O-])c(OCc2ccccc2Br)n1. The molecular formula is C13H13BrN4O3. The third-order valence-electron chi connectivity index (χ3n) is 2.59. The molecule has 2 aromatic rings. The van der Waals surface area contributed by atoms with Crippen LogP contribution in [0.3, 0.4) is 0 Å². The average Bonchev–Trinajstić information content (AvgIpc) is 2.46. The van der Waals surface area contributed by atoms with E-state index < -0.39 is 4.92 Å². The monoisotopic (exact) mass is 352 g/mol. The van der Waals surface area contributed by atoms with E-state index in [4.69, 9.17) is 4.74 Å². The van der Waals surface area contributed by atoms with Crippen molar-refractivity contribution in [2.24, 2.45) is 0 Å². The molecule has 0 aliphatic rings. The fourth-order valence-corrected chi connectivity index (χ4v) is 2.00. The smallest absolute Gasteiger partial charge is 0.349 e. The van der Waals surface area contributed by atoms with Gasteiger partial charge in [0, 0.05) is 16.6 Å². The molecule has 1 heterocycles. The molecule has 7 nitrogen and oxygen atoms in total. The normalized spacial score (nSPS) is 10.2. The minimum atomic E-state index is -0.564. The highest BCUT2D eigenvalue weighted by molar-refractivity contribution is 9.10. The maximum atomic E-state index is 11.0. The van der Waals surface area contributed by atoms with E-state index in [0.717, 1.165) is 16.2 Å². The Balaban J connectivity index is 2.22. The zero-order chi connectivity index (χ0) is 15.2. The van der Waals surface area contributed by atoms with Gasteiger partial charge in [-0.15, -0.1) is 0 Å². The van der Waals surface area contributed by atoms with E-state index in [1.165, 1.54) is 0 Å². The van der Waals surface area contributed by atoms with Crippen LogP contribution in [-0.2, 0) is 6.61 Å². The molecule has 0 unspecified atom stereocenters. The van der Waals surface area contributed by atoms with E-state index in [2.05, 4.69) is 31.2 Å². The van der Waals surface area contributed by atoms with Gasteiger partial charge in [0.05, 0.1) is 4.92 Å². The van der Waals surface area contributed by atoms with E-state index in [1.807, 2.05) is 31.2 Å². The summed E-state index contributed by atoms with van der Waals surface area (Å²) in [5.74, 6) is 0.243. The van der Waals surface area contributed by atoms with E-state index >= 15 is 0 Å². The molecule has 8 heteroatoms. The molecular weight excluding hydrogens is 340 g/mol. The maximum absolute atomic E-state index is 11.0. The molecule has 0 fully saturated rings. The predicted molar refractivity (Wildman–Crippen MR) is 81.3 cm³/mol. The highest BCUT2D eigenvalue weighted by Crippen LogP contribution is 2.26. The summed E-state index contributed by atoms with van der Waals surface area (Å²) in [7, 11) is 0. The Labute approximate surface area is 129 Å². The zero-order valence-electron chi connectivity index (χ0n) is 11.2. The number of nitro groups is 1. The van der Waals surface area contributed by atoms with E-state index in [-0.39, 0.29) is 18.2 Å². The lowest BCUT2D eigenvalue weighted by atomic mass is 10.2. The van der Waals surface area contributed by atoms with Crippen LogP contribution in [0.2, 0.25) is 0 Å². The van der Waals surface area contributed by atoms with Crippen LogP contribution in [0, 0.1) is 10.1 Å². The first-order valence-electron chi connectivity index (χ1n) is 6.23. The average molecular weight is 353 g/mol. The number of rotatable bonds is 6. The molecule has 0 saturated heterocycles. The number of aromatic nitrogens is 2. The highest BCUT2D eigenvalue weighted by atomic mass is 79.9. The quantitative estimate of drug-likeness (QED) is 0.634. The molecule has 1 N–H and O–H groups in total. The van der Waals surface area contributed by atoms with Crippen molar-refractivity contribution in [2.45, 2.75) is 13.5 Å². The second-order valence-corrected chi connectivity index (χ2v) is 4.91. The van der Waals surface area contributed by atoms with Gasteiger partial charge in [0.1, 0.15) is 12.8 Å². The topological polar surface area (TPSA) is 90.2 Å². The number of ether oxygens (including phenoxy) is 1. The fraction of sp³-hybridized carbons (Fsp3) is 0.231. The first-order chi connectivity index (χ1) is 10.1. The minimum absolute atomic E-state index is 0.0540. The van der Waals surface area contributed by atoms with Gasteiger partial charge in [-0.1, -0.05) is 34.1 Å². The van der Waals surface area contributed by atoms with Crippen molar-refractivity contribution in [3.05, 3.63) is 50.6 Å². The summed E-state index contributed by atoms with van der Waals surface area (Å²) in [5, 5.41) is 13.9. The van der Waals surface area contributed by atoms with Crippen molar-refractivity contribution < 1.29 is 9.66 Å². The van der Waals surface area contributed by atoms with Gasteiger partial charge in [-0.3, -0.25) is 10.1 Å². The lowest BCUT2D eigenvalue weighted by Crippen LogP contribution is -2.07. The van der Waals surface area contributed by atoms with Gasteiger partial charge in [-0.2, -0.15) is 4.98 Å². The van der Waals surface area contributed by atoms with Crippen molar-refractivity contribution in [3.8, 4) is 5.88 Å². The number of anilines is 1. The first-order valence-corrected chi connectivity index (χ1v) is 7.02. The molecule has 0 bridgehead atoms. The summed E-state index contributed by atoms with van der Waals surface area (Å²) < 4.78 is 6.36. The number of nitrogens with zero attached hydrogens (tertiary/aromatic N) is 3. The molecule has 110 valence electrons. The van der Waals surface area contributed by atoms with Gasteiger partial charge >= 0.3 is 5.69 Å². The van der Waals surface area contributed by atoms with E-state index in [9.17, 15) is 10.1 Å². The van der Waals surface area contributed by atoms with Gasteiger partial charge in [-0.25, -0.2) is 4.98 Å². The summed E-state index contributed by atoms with van der Waals surface area (Å²) in [6, 6.07) is 7.48. The van der Waals surface area contributed by atoms with Gasteiger partial charge in [-0.05, 0) is 13.0 Å². The Kier molecular flexibility index (Phi) is 5.04. The van der Waals surface area contributed by atoms with Crippen LogP contribution in [0.25, 0.3) is 0 Å². The lowest BCUT2D eigenvalue weighted by Gasteiger charge is -2.08. The third kappa shape index (κ3) is 3.88. The molecule has 1 aromatic carbocycles. The molecule has 0 amide bonds. The second-order valence-electron chi connectivity index (χ2n) is 4.05. The Morgan fingerprint density at radius 2 is 2.19 bits per heavy atom. The molecule has 0 radical (unpaired) electrons. The van der Waals surface area contributed by atoms with Crippen molar-refractivity contribution in [3.63, 3.8) is 0 Å². The predicted octanol–water partition coefficient (Wildman–Crippen LogP) is 3.16. The Morgan fingerprint density at radius 3 is 2.86 bits per heavy atom. The van der Waals surface area contributed by atoms with Gasteiger partial charge in [0.15, 0.2) is 0 Å². The molecule has 2 rings (SSSR count). The second kappa shape index (κ2) is 6.98. The van der Waals surface area contributed by atoms with Crippen molar-refractivity contribution >= 4 is 27.6 Å². The van der Waals surface area contributed by atoms with Crippen molar-refractivity contribution in [1.29, 1.82) is 0 Å². The van der Waals surface area contributed by atoms with Gasteiger partial charge < -0.3 is 10.1 Å². The first kappa shape index (κ1) is 15.2. The zero-order valence-corrected chi connectivity index (χ0v) is 12.8. The summed E-state index contributed by atoms with van der Waals surface area (Å²) in [5.41, 5.74) is 0.610. The number of hydrogen-bond donors (Lipinski definition) is 1. The van der Waals surface area contributed by atoms with Crippen LogP contribution in [0.15, 0.2) is 34.9 Å². The van der Waals surface area contributed by atoms with Crippen LogP contribution in [0.1, 0.15) is 12.5 Å². The lowest BCUT2D eigenvalue weighted by molar-refractivity contribution is -0.386. The summed E-state index contributed by atoms with van der Waals surface area (Å²) in [4.78, 5) is 18.3. The van der Waals surface area contributed by atoms with Gasteiger partial charge in [0.25, 0.3) is 5.88 Å². The van der Waals surface area contributed by atoms with E-state index in [0.29, 0.717) is 12.5 Å². The fourth-order valence-electron chi connectivity index (χ4n) is 1.60. The molecule has 1 aromatic heterocycles. The molecule has 0 spiro atoms. The van der Waals surface area contributed by atoms with Crippen LogP contribution >= 0.6 is 15.9 Å². The molecule has 0 saturated carbocycles. The summed E-state index contributed by atoms with van der Waals surface area (Å²) in [6.07, 6.45) is 1.14. The molecule has 0 aliphatic carbocycles. The number of halogens is 1. The largest absolute Gasteiger partial charge is 0.468 e.